The lowest BCUT2D eigenvalue weighted by atomic mass is 10.3. The van der Waals surface area contributed by atoms with Crippen LogP contribution in [-0.2, 0) is 4.76 Å². The fraction of sp³-hybridized carbons (Fsp3) is 1.00. The first-order valence-electron chi connectivity index (χ1n) is 3.07. The van der Waals surface area contributed by atoms with E-state index in [0.717, 1.165) is 25.9 Å². The zero-order chi connectivity index (χ0) is 6.69. The van der Waals surface area contributed by atoms with Gasteiger partial charge in [0.05, 0.1) is 0 Å². The largest absolute Gasteiger partial charge is 0.651 e. The Morgan fingerprint density at radius 3 is 2.22 bits per heavy atom. The molecule has 5 heteroatoms. The molecule has 0 radical (unpaired) electrons. The second-order valence-corrected chi connectivity index (χ2v) is 2.07. The van der Waals surface area contributed by atoms with Crippen LogP contribution >= 0.6 is 0 Å². The first-order valence-corrected chi connectivity index (χ1v) is 3.07. The Labute approximate surface area is 54.2 Å². The molecular formula is C4H10BNO3. The van der Waals surface area contributed by atoms with E-state index in [-0.39, 0.29) is 0 Å². The van der Waals surface area contributed by atoms with Gasteiger partial charge in [-0.2, -0.15) is 0 Å². The van der Waals surface area contributed by atoms with Crippen molar-refractivity contribution in [2.75, 3.05) is 13.1 Å². The quantitative estimate of drug-likeness (QED) is 0.471. The van der Waals surface area contributed by atoms with Gasteiger partial charge in [-0.25, -0.2) is 5.06 Å². The molecule has 1 saturated heterocycles. The second kappa shape index (κ2) is 3.17. The molecule has 52 valence electrons. The van der Waals surface area contributed by atoms with E-state index in [0.29, 0.717) is 0 Å². The van der Waals surface area contributed by atoms with Crippen molar-refractivity contribution in [3.05, 3.63) is 0 Å². The number of hydrogen-bond acceptors (Lipinski definition) is 4. The summed E-state index contributed by atoms with van der Waals surface area (Å²) in [6.45, 7) is 1.61. The van der Waals surface area contributed by atoms with E-state index < -0.39 is 7.32 Å². The smallest absolute Gasteiger partial charge is 0.401 e. The fourth-order valence-electron chi connectivity index (χ4n) is 0.927. The van der Waals surface area contributed by atoms with Crippen molar-refractivity contribution >= 4 is 7.32 Å². The van der Waals surface area contributed by atoms with Gasteiger partial charge < -0.3 is 10.0 Å². The molecule has 0 bridgehead atoms. The third-order valence-corrected chi connectivity index (χ3v) is 1.31. The highest BCUT2D eigenvalue weighted by Gasteiger charge is 2.18. The highest BCUT2D eigenvalue weighted by molar-refractivity contribution is 6.32. The van der Waals surface area contributed by atoms with Crippen LogP contribution in [0, 0.1) is 0 Å². The maximum absolute atomic E-state index is 8.30. The lowest BCUT2D eigenvalue weighted by Crippen LogP contribution is -2.30. The Bertz CT molecular complexity index is 83.9. The predicted octanol–water partition coefficient (Wildman–Crippen LogP) is -1.02. The van der Waals surface area contributed by atoms with Gasteiger partial charge in [-0.1, -0.05) is 0 Å². The van der Waals surface area contributed by atoms with Crippen LogP contribution in [0.25, 0.3) is 0 Å². The Balaban J connectivity index is 2.11. The summed E-state index contributed by atoms with van der Waals surface area (Å²) in [5.74, 6) is 0. The molecule has 0 saturated carbocycles. The van der Waals surface area contributed by atoms with Gasteiger partial charge in [0.2, 0.25) is 0 Å². The summed E-state index contributed by atoms with van der Waals surface area (Å²) in [6.07, 6.45) is 2.15. The molecule has 1 aliphatic rings. The molecule has 0 aromatic carbocycles. The first kappa shape index (κ1) is 7.02. The minimum Gasteiger partial charge on any atom is -0.401 e. The van der Waals surface area contributed by atoms with E-state index in [2.05, 4.69) is 4.76 Å². The van der Waals surface area contributed by atoms with E-state index >= 15 is 0 Å². The van der Waals surface area contributed by atoms with E-state index in [1.54, 1.807) is 5.06 Å². The van der Waals surface area contributed by atoms with Crippen molar-refractivity contribution < 1.29 is 14.8 Å². The second-order valence-electron chi connectivity index (χ2n) is 2.07. The molecule has 0 unspecified atom stereocenters. The van der Waals surface area contributed by atoms with Gasteiger partial charge in [0, 0.05) is 13.1 Å². The van der Waals surface area contributed by atoms with Crippen LogP contribution in [0.15, 0.2) is 0 Å². The summed E-state index contributed by atoms with van der Waals surface area (Å²) in [6, 6.07) is 0. The first-order chi connectivity index (χ1) is 4.29. The minimum atomic E-state index is -1.65. The number of nitrogens with zero attached hydrogens (tertiary/aromatic N) is 1. The van der Waals surface area contributed by atoms with Crippen molar-refractivity contribution in [2.24, 2.45) is 0 Å². The average molecular weight is 131 g/mol. The van der Waals surface area contributed by atoms with Gasteiger partial charge >= 0.3 is 7.32 Å². The Kier molecular flexibility index (Phi) is 2.47. The Morgan fingerprint density at radius 2 is 1.78 bits per heavy atom. The van der Waals surface area contributed by atoms with E-state index in [9.17, 15) is 0 Å². The molecule has 9 heavy (non-hydrogen) atoms. The zero-order valence-electron chi connectivity index (χ0n) is 5.16. The molecule has 1 rings (SSSR count). The van der Waals surface area contributed by atoms with Gasteiger partial charge in [-0.05, 0) is 12.8 Å². The Hall–Kier alpha value is -0.0951. The molecule has 0 aromatic heterocycles. The molecule has 0 atom stereocenters. The molecule has 1 fully saturated rings. The molecule has 1 heterocycles. The molecule has 2 N–H and O–H groups in total. The molecule has 0 aliphatic carbocycles. The summed E-state index contributed by atoms with van der Waals surface area (Å²) < 4.78 is 4.56. The molecular weight excluding hydrogens is 121 g/mol. The topological polar surface area (TPSA) is 52.9 Å². The number of hydrogen-bond donors (Lipinski definition) is 2. The number of hydroxylamine groups is 2. The highest BCUT2D eigenvalue weighted by Crippen LogP contribution is 2.06. The highest BCUT2D eigenvalue weighted by atomic mass is 16.7. The van der Waals surface area contributed by atoms with Crippen molar-refractivity contribution in [3.8, 4) is 0 Å². The monoisotopic (exact) mass is 131 g/mol. The average Bonchev–Trinajstić information content (AvgIpc) is 2.15. The maximum Gasteiger partial charge on any atom is 0.651 e. The maximum atomic E-state index is 8.30. The van der Waals surface area contributed by atoms with Crippen LogP contribution in [0.2, 0.25) is 0 Å². The Morgan fingerprint density at radius 1 is 1.22 bits per heavy atom. The third-order valence-electron chi connectivity index (χ3n) is 1.31. The van der Waals surface area contributed by atoms with Crippen LogP contribution in [0.5, 0.6) is 0 Å². The lowest BCUT2D eigenvalue weighted by Gasteiger charge is -2.12. The fourth-order valence-corrected chi connectivity index (χ4v) is 0.927. The van der Waals surface area contributed by atoms with Gasteiger partial charge in [-0.15, -0.1) is 0 Å². The van der Waals surface area contributed by atoms with Crippen LogP contribution in [0.1, 0.15) is 12.8 Å². The van der Waals surface area contributed by atoms with Crippen LogP contribution in [-0.4, -0.2) is 35.5 Å². The third kappa shape index (κ3) is 2.32. The van der Waals surface area contributed by atoms with Gasteiger partial charge in [-0.3, -0.25) is 4.76 Å². The summed E-state index contributed by atoms with van der Waals surface area (Å²) in [4.78, 5) is 0. The standard InChI is InChI=1S/C4H10BNO3/c7-5(8)9-6-3-1-2-4-6/h7-8H,1-4H2. The van der Waals surface area contributed by atoms with E-state index in [1.165, 1.54) is 0 Å². The van der Waals surface area contributed by atoms with Crippen molar-refractivity contribution in [2.45, 2.75) is 12.8 Å². The van der Waals surface area contributed by atoms with Crippen molar-refractivity contribution in [1.82, 2.24) is 5.06 Å². The van der Waals surface area contributed by atoms with Crippen molar-refractivity contribution in [3.63, 3.8) is 0 Å². The molecule has 4 nitrogen and oxygen atoms in total. The summed E-state index contributed by atoms with van der Waals surface area (Å²) in [5, 5.41) is 18.2. The summed E-state index contributed by atoms with van der Waals surface area (Å²) in [7, 11) is -1.65. The van der Waals surface area contributed by atoms with Crippen LogP contribution in [0.4, 0.5) is 0 Å². The molecule has 0 spiro atoms. The predicted molar refractivity (Wildman–Crippen MR) is 32.1 cm³/mol. The van der Waals surface area contributed by atoms with E-state index in [1.807, 2.05) is 0 Å². The molecule has 0 amide bonds. The van der Waals surface area contributed by atoms with Crippen LogP contribution < -0.4 is 0 Å². The van der Waals surface area contributed by atoms with Gasteiger partial charge in [0.25, 0.3) is 0 Å². The molecule has 0 aromatic rings. The zero-order valence-corrected chi connectivity index (χ0v) is 5.16. The summed E-state index contributed by atoms with van der Waals surface area (Å²) >= 11 is 0. The summed E-state index contributed by atoms with van der Waals surface area (Å²) in [5.41, 5.74) is 0. The van der Waals surface area contributed by atoms with Crippen molar-refractivity contribution in [1.29, 1.82) is 0 Å². The van der Waals surface area contributed by atoms with E-state index in [4.69, 9.17) is 10.0 Å². The SMILES string of the molecule is OB(O)ON1CCCC1. The van der Waals surface area contributed by atoms with Crippen LogP contribution in [0.3, 0.4) is 0 Å². The van der Waals surface area contributed by atoms with Gasteiger partial charge in [0.15, 0.2) is 0 Å². The van der Waals surface area contributed by atoms with Gasteiger partial charge in [0.1, 0.15) is 0 Å². The normalized spacial score (nSPS) is 20.7. The lowest BCUT2D eigenvalue weighted by molar-refractivity contribution is -0.0752. The molecule has 1 aliphatic heterocycles. The number of rotatable bonds is 2. The minimum absolute atomic E-state index is 0.803.